The number of hydrogen-bond donors (Lipinski definition) is 1. The Morgan fingerprint density at radius 3 is 2.18 bits per heavy atom. The highest BCUT2D eigenvalue weighted by atomic mass is 32.2. The van der Waals surface area contributed by atoms with Gasteiger partial charge in [0.15, 0.2) is 6.61 Å². The average Bonchev–Trinajstić information content (AvgIpc) is 2.93. The second kappa shape index (κ2) is 13.3. The Morgan fingerprint density at radius 2 is 1.56 bits per heavy atom. The molecule has 1 amide bonds. The van der Waals surface area contributed by atoms with E-state index in [0.29, 0.717) is 43.0 Å². The monoisotopic (exact) mass is 577 g/mol. The molecule has 0 spiro atoms. The minimum Gasteiger partial charge on any atom is -0.452 e. The fourth-order valence-electron chi connectivity index (χ4n) is 4.15. The Hall–Kier alpha value is -3.06. The number of nitrogens with zero attached hydrogens (tertiary/aromatic N) is 2. The minimum atomic E-state index is -3.66. The second-order valence-electron chi connectivity index (χ2n) is 9.09. The number of esters is 1. The first-order valence-corrected chi connectivity index (χ1v) is 15.7. The number of hydrogen-bond acceptors (Lipinski definition) is 7. The summed E-state index contributed by atoms with van der Waals surface area (Å²) in [5.41, 5.74) is 1.57. The number of rotatable bonds is 11. The molecule has 0 aromatic heterocycles. The number of nitrogens with one attached hydrogen (secondary N) is 1. The number of anilines is 1. The van der Waals surface area contributed by atoms with Gasteiger partial charge >= 0.3 is 5.97 Å². The van der Waals surface area contributed by atoms with Crippen LogP contribution in [0.4, 0.5) is 5.69 Å². The highest BCUT2D eigenvalue weighted by molar-refractivity contribution is 7.89. The number of sulfonamides is 2. The Labute approximate surface area is 230 Å². The van der Waals surface area contributed by atoms with E-state index in [2.05, 4.69) is 5.32 Å². The van der Waals surface area contributed by atoms with Crippen molar-refractivity contribution in [2.75, 3.05) is 38.1 Å². The van der Waals surface area contributed by atoms with Crippen molar-refractivity contribution in [2.45, 2.75) is 49.8 Å². The van der Waals surface area contributed by atoms with Gasteiger partial charge in [0.1, 0.15) is 0 Å². The summed E-state index contributed by atoms with van der Waals surface area (Å²) in [5, 5.41) is 2.61. The van der Waals surface area contributed by atoms with Gasteiger partial charge in [-0.25, -0.2) is 21.6 Å². The lowest BCUT2D eigenvalue weighted by molar-refractivity contribution is -0.142. The molecule has 2 aromatic carbocycles. The van der Waals surface area contributed by atoms with Crippen molar-refractivity contribution in [1.82, 2.24) is 8.61 Å². The van der Waals surface area contributed by atoms with Gasteiger partial charge in [-0.05, 0) is 61.2 Å². The topological polar surface area (TPSA) is 130 Å². The molecule has 1 heterocycles. The number of carbonyl (C=O) groups is 2. The van der Waals surface area contributed by atoms with E-state index in [0.717, 1.165) is 25.3 Å². The molecule has 0 saturated carbocycles. The largest absolute Gasteiger partial charge is 0.452 e. The lowest BCUT2D eigenvalue weighted by Crippen LogP contribution is -2.35. The third-order valence-electron chi connectivity index (χ3n) is 6.42. The molecule has 0 radical (unpaired) electrons. The molecule has 39 heavy (non-hydrogen) atoms. The SMILES string of the molecule is CCN(CC)S(=O)(=O)c1ccc(/C=C/C(=O)OCC(=O)Nc2cc(S(=O)(=O)N3CCCCC3)ccc2C)cc1. The van der Waals surface area contributed by atoms with Crippen LogP contribution in [0.1, 0.15) is 44.2 Å². The standard InChI is InChI=1S/C27H35N3O7S2/c1-4-29(5-2)38(33,34)23-14-10-22(11-15-23)12-16-27(32)37-20-26(31)28-25-19-24(13-9-21(25)3)39(35,36)30-17-7-6-8-18-30/h9-16,19H,4-8,17-18,20H2,1-3H3,(H,28,31)/b16-12+. The van der Waals surface area contributed by atoms with Gasteiger partial charge in [0.25, 0.3) is 5.91 Å². The molecule has 1 N–H and O–H groups in total. The molecule has 0 atom stereocenters. The normalized spacial score (nSPS) is 15.0. The second-order valence-corrected chi connectivity index (χ2v) is 13.0. The number of aryl methyl sites for hydroxylation is 1. The van der Waals surface area contributed by atoms with Gasteiger partial charge in [0, 0.05) is 37.9 Å². The van der Waals surface area contributed by atoms with Crippen molar-refractivity contribution < 1.29 is 31.2 Å². The fraction of sp³-hybridized carbons (Fsp3) is 0.407. The van der Waals surface area contributed by atoms with Crippen LogP contribution in [0.5, 0.6) is 0 Å². The maximum absolute atomic E-state index is 13.0. The van der Waals surface area contributed by atoms with E-state index in [1.54, 1.807) is 39.0 Å². The summed E-state index contributed by atoms with van der Waals surface area (Å²) >= 11 is 0. The van der Waals surface area contributed by atoms with Crippen LogP contribution < -0.4 is 5.32 Å². The van der Waals surface area contributed by atoms with Crippen LogP contribution in [0.15, 0.2) is 58.3 Å². The van der Waals surface area contributed by atoms with Crippen LogP contribution in [-0.4, -0.2) is 70.1 Å². The minimum absolute atomic E-state index is 0.0983. The maximum atomic E-state index is 13.0. The highest BCUT2D eigenvalue weighted by Gasteiger charge is 2.26. The van der Waals surface area contributed by atoms with Crippen LogP contribution in [0.25, 0.3) is 6.08 Å². The molecule has 10 nitrogen and oxygen atoms in total. The van der Waals surface area contributed by atoms with Gasteiger partial charge < -0.3 is 10.1 Å². The van der Waals surface area contributed by atoms with E-state index in [9.17, 15) is 26.4 Å². The van der Waals surface area contributed by atoms with Crippen LogP contribution in [0.3, 0.4) is 0 Å². The third kappa shape index (κ3) is 7.75. The van der Waals surface area contributed by atoms with Crippen LogP contribution in [-0.2, 0) is 34.4 Å². The van der Waals surface area contributed by atoms with E-state index in [1.165, 1.54) is 39.0 Å². The summed E-state index contributed by atoms with van der Waals surface area (Å²) in [6.45, 7) is 6.38. The number of amides is 1. The van der Waals surface area contributed by atoms with Gasteiger partial charge in [-0.3, -0.25) is 4.79 Å². The zero-order chi connectivity index (χ0) is 28.6. The summed E-state index contributed by atoms with van der Waals surface area (Å²) in [5.74, 6) is -1.37. The van der Waals surface area contributed by atoms with E-state index < -0.39 is 38.5 Å². The molecule has 12 heteroatoms. The van der Waals surface area contributed by atoms with Crippen LogP contribution in [0.2, 0.25) is 0 Å². The third-order valence-corrected chi connectivity index (χ3v) is 10.4. The Morgan fingerprint density at radius 1 is 0.949 bits per heavy atom. The molecule has 212 valence electrons. The van der Waals surface area contributed by atoms with Crippen molar-refractivity contribution in [3.05, 3.63) is 59.7 Å². The summed E-state index contributed by atoms with van der Waals surface area (Å²) in [7, 11) is -7.24. The van der Waals surface area contributed by atoms with Gasteiger partial charge in [0.05, 0.1) is 9.79 Å². The Balaban J connectivity index is 1.57. The van der Waals surface area contributed by atoms with Crippen molar-refractivity contribution in [1.29, 1.82) is 0 Å². The van der Waals surface area contributed by atoms with Gasteiger partial charge in [-0.1, -0.05) is 38.5 Å². The van der Waals surface area contributed by atoms with E-state index >= 15 is 0 Å². The first kappa shape index (κ1) is 30.5. The predicted octanol–water partition coefficient (Wildman–Crippen LogP) is 3.40. The number of piperidine rings is 1. The van der Waals surface area contributed by atoms with Crippen LogP contribution >= 0.6 is 0 Å². The van der Waals surface area contributed by atoms with Gasteiger partial charge in [0.2, 0.25) is 20.0 Å². The fourth-order valence-corrected chi connectivity index (χ4v) is 7.15. The van der Waals surface area contributed by atoms with E-state index in [-0.39, 0.29) is 9.79 Å². The molecule has 1 aliphatic heterocycles. The molecule has 3 rings (SSSR count). The lowest BCUT2D eigenvalue weighted by atomic mass is 10.2. The maximum Gasteiger partial charge on any atom is 0.331 e. The number of benzene rings is 2. The molecule has 0 aliphatic carbocycles. The van der Waals surface area contributed by atoms with Gasteiger partial charge in [-0.2, -0.15) is 8.61 Å². The summed E-state index contributed by atoms with van der Waals surface area (Å²) in [6.07, 6.45) is 5.23. The molecule has 2 aromatic rings. The Kier molecular flexibility index (Phi) is 10.4. The summed E-state index contributed by atoms with van der Waals surface area (Å²) < 4.78 is 58.9. The summed E-state index contributed by atoms with van der Waals surface area (Å²) in [4.78, 5) is 24.8. The van der Waals surface area contributed by atoms with Crippen molar-refractivity contribution >= 4 is 43.7 Å². The quantitative estimate of drug-likeness (QED) is 0.320. The van der Waals surface area contributed by atoms with Crippen LogP contribution in [0, 0.1) is 6.92 Å². The lowest BCUT2D eigenvalue weighted by Gasteiger charge is -2.26. The predicted molar refractivity (Wildman–Crippen MR) is 149 cm³/mol. The molecule has 1 saturated heterocycles. The zero-order valence-corrected chi connectivity index (χ0v) is 24.1. The first-order valence-electron chi connectivity index (χ1n) is 12.8. The smallest absolute Gasteiger partial charge is 0.331 e. The van der Waals surface area contributed by atoms with Crippen molar-refractivity contribution in [2.24, 2.45) is 0 Å². The highest BCUT2D eigenvalue weighted by Crippen LogP contribution is 2.25. The first-order chi connectivity index (χ1) is 18.5. The molecular formula is C27H35N3O7S2. The van der Waals surface area contributed by atoms with Gasteiger partial charge in [-0.15, -0.1) is 0 Å². The molecule has 0 unspecified atom stereocenters. The number of ether oxygens (including phenoxy) is 1. The number of carbonyl (C=O) groups excluding carboxylic acids is 2. The molecule has 1 fully saturated rings. The zero-order valence-electron chi connectivity index (χ0n) is 22.4. The molecular weight excluding hydrogens is 542 g/mol. The van der Waals surface area contributed by atoms with E-state index in [4.69, 9.17) is 4.74 Å². The van der Waals surface area contributed by atoms with E-state index in [1.807, 2.05) is 0 Å². The Bertz CT molecular complexity index is 1410. The molecule has 1 aliphatic rings. The van der Waals surface area contributed by atoms with Crippen molar-refractivity contribution in [3.8, 4) is 0 Å². The van der Waals surface area contributed by atoms with Crippen molar-refractivity contribution in [3.63, 3.8) is 0 Å². The summed E-state index contributed by atoms with van der Waals surface area (Å²) in [6, 6.07) is 10.6. The average molecular weight is 578 g/mol. The molecule has 0 bridgehead atoms.